The van der Waals surface area contributed by atoms with Crippen LogP contribution in [0.5, 0.6) is 0 Å². The Morgan fingerprint density at radius 3 is 2.62 bits per heavy atom. The second-order valence-electron chi connectivity index (χ2n) is 6.16. The van der Waals surface area contributed by atoms with E-state index in [1.165, 1.54) is 11.3 Å². The molecule has 0 spiro atoms. The quantitative estimate of drug-likeness (QED) is 0.901. The summed E-state index contributed by atoms with van der Waals surface area (Å²) in [6, 6.07) is 4.72. The molecule has 0 bridgehead atoms. The molecule has 0 amide bonds. The van der Waals surface area contributed by atoms with Gasteiger partial charge in [-0.1, -0.05) is 20.8 Å². The van der Waals surface area contributed by atoms with Crippen molar-refractivity contribution >= 4 is 31.6 Å². The summed E-state index contributed by atoms with van der Waals surface area (Å²) >= 11 is 1.53. The Bertz CT molecular complexity index is 745. The third-order valence-corrected chi connectivity index (χ3v) is 6.05. The Kier molecular flexibility index (Phi) is 4.39. The minimum atomic E-state index is -3.54. The molecule has 1 aromatic carbocycles. The number of benzene rings is 1. The highest BCUT2D eigenvalue weighted by molar-refractivity contribution is 7.89. The molecule has 1 heterocycles. The van der Waals surface area contributed by atoms with Gasteiger partial charge in [-0.3, -0.25) is 0 Å². The molecule has 21 heavy (non-hydrogen) atoms. The van der Waals surface area contributed by atoms with Crippen molar-refractivity contribution in [3.05, 3.63) is 23.2 Å². The maximum absolute atomic E-state index is 12.3. The fraction of sp³-hybridized carbons (Fsp3) is 0.500. The van der Waals surface area contributed by atoms with Crippen molar-refractivity contribution in [1.82, 2.24) is 9.71 Å². The lowest BCUT2D eigenvalue weighted by molar-refractivity contribution is 0.563. The summed E-state index contributed by atoms with van der Waals surface area (Å²) in [4.78, 5) is 4.82. The average Bonchev–Trinajstić information content (AvgIpc) is 2.80. The van der Waals surface area contributed by atoms with Gasteiger partial charge in [0.1, 0.15) is 0 Å². The third-order valence-electron chi connectivity index (χ3n) is 3.02. The highest BCUT2D eigenvalue weighted by Crippen LogP contribution is 2.32. The number of sulfonamides is 1. The van der Waals surface area contributed by atoms with Crippen LogP contribution in [0, 0.1) is 0 Å². The Labute approximate surface area is 129 Å². The second kappa shape index (κ2) is 5.64. The van der Waals surface area contributed by atoms with Gasteiger partial charge in [-0.15, -0.1) is 11.3 Å². The van der Waals surface area contributed by atoms with E-state index in [9.17, 15) is 8.42 Å². The molecule has 1 aromatic heterocycles. The summed E-state index contributed by atoms with van der Waals surface area (Å²) < 4.78 is 28.0. The highest BCUT2D eigenvalue weighted by atomic mass is 32.2. The van der Waals surface area contributed by atoms with Gasteiger partial charge in [0.15, 0.2) is 0 Å². The molecule has 0 saturated carbocycles. The fourth-order valence-corrected chi connectivity index (χ4v) is 4.19. The first-order valence-corrected chi connectivity index (χ1v) is 9.07. The highest BCUT2D eigenvalue weighted by Gasteiger charge is 2.21. The predicted octanol–water partition coefficient (Wildman–Crippen LogP) is 2.22. The minimum absolute atomic E-state index is 0.0466. The van der Waals surface area contributed by atoms with E-state index in [1.54, 1.807) is 25.1 Å². The lowest BCUT2D eigenvalue weighted by Gasteiger charge is -2.13. The second-order valence-corrected chi connectivity index (χ2v) is 8.90. The van der Waals surface area contributed by atoms with Gasteiger partial charge in [-0.25, -0.2) is 18.1 Å². The maximum Gasteiger partial charge on any atom is 0.240 e. The molecule has 2 rings (SSSR count). The van der Waals surface area contributed by atoms with Crippen LogP contribution < -0.4 is 10.5 Å². The molecule has 0 aliphatic heterocycles. The summed E-state index contributed by atoms with van der Waals surface area (Å²) in [6.07, 6.45) is 0. The van der Waals surface area contributed by atoms with Gasteiger partial charge in [0.05, 0.1) is 20.1 Å². The molecule has 0 saturated heterocycles. The number of nitrogens with zero attached hydrogens (tertiary/aromatic N) is 1. The standard InChI is InChI=1S/C14H21N3O2S2/c1-9(8-15)17-21(18,19)10-5-6-11-12(7-10)20-13(16-11)14(2,3)4/h5-7,9,17H,8,15H2,1-4H3/t9-/m0/s1. The Balaban J connectivity index is 2.43. The largest absolute Gasteiger partial charge is 0.329 e. The number of hydrogen-bond acceptors (Lipinski definition) is 5. The van der Waals surface area contributed by atoms with E-state index < -0.39 is 10.0 Å². The number of hydrogen-bond donors (Lipinski definition) is 2. The van der Waals surface area contributed by atoms with Crippen LogP contribution in [0.1, 0.15) is 32.7 Å². The lowest BCUT2D eigenvalue weighted by atomic mass is 9.98. The Hall–Kier alpha value is -1.02. The van der Waals surface area contributed by atoms with Crippen LogP contribution in [0.4, 0.5) is 0 Å². The van der Waals surface area contributed by atoms with Gasteiger partial charge >= 0.3 is 0 Å². The van der Waals surface area contributed by atoms with Crippen molar-refractivity contribution in [2.45, 2.75) is 44.0 Å². The van der Waals surface area contributed by atoms with E-state index in [1.807, 2.05) is 0 Å². The van der Waals surface area contributed by atoms with E-state index in [2.05, 4.69) is 30.5 Å². The molecule has 1 atom stereocenters. The summed E-state index contributed by atoms with van der Waals surface area (Å²) in [5.41, 5.74) is 6.25. The SMILES string of the molecule is C[C@@H](CN)NS(=O)(=O)c1ccc2nc(C(C)(C)C)sc2c1. The van der Waals surface area contributed by atoms with Crippen LogP contribution in [0.15, 0.2) is 23.1 Å². The van der Waals surface area contributed by atoms with Gasteiger partial charge in [0, 0.05) is 18.0 Å². The molecular formula is C14H21N3O2S2. The molecule has 2 aromatic rings. The summed E-state index contributed by atoms with van der Waals surface area (Å²) in [6.45, 7) is 8.27. The van der Waals surface area contributed by atoms with Gasteiger partial charge in [0.2, 0.25) is 10.0 Å². The molecular weight excluding hydrogens is 306 g/mol. The lowest BCUT2D eigenvalue weighted by Crippen LogP contribution is -2.37. The number of nitrogens with two attached hydrogens (primary N) is 1. The first-order valence-electron chi connectivity index (χ1n) is 6.77. The minimum Gasteiger partial charge on any atom is -0.329 e. The van der Waals surface area contributed by atoms with Crippen LogP contribution in [-0.4, -0.2) is 26.0 Å². The van der Waals surface area contributed by atoms with Crippen LogP contribution in [0.3, 0.4) is 0 Å². The first kappa shape index (κ1) is 16.4. The maximum atomic E-state index is 12.3. The summed E-state index contributed by atoms with van der Waals surface area (Å²) in [5.74, 6) is 0. The summed E-state index contributed by atoms with van der Waals surface area (Å²) in [7, 11) is -3.54. The van der Waals surface area contributed by atoms with E-state index in [0.717, 1.165) is 15.2 Å². The Morgan fingerprint density at radius 1 is 1.38 bits per heavy atom. The molecule has 7 heteroatoms. The average molecular weight is 327 g/mol. The first-order chi connectivity index (χ1) is 9.63. The van der Waals surface area contributed by atoms with E-state index in [4.69, 9.17) is 5.73 Å². The van der Waals surface area contributed by atoms with Gasteiger partial charge in [0.25, 0.3) is 0 Å². The molecule has 116 valence electrons. The van der Waals surface area contributed by atoms with Crippen LogP contribution in [-0.2, 0) is 15.4 Å². The van der Waals surface area contributed by atoms with E-state index >= 15 is 0 Å². The van der Waals surface area contributed by atoms with E-state index in [-0.39, 0.29) is 22.9 Å². The molecule has 3 N–H and O–H groups in total. The van der Waals surface area contributed by atoms with Gasteiger partial charge in [-0.2, -0.15) is 0 Å². The zero-order valence-electron chi connectivity index (χ0n) is 12.7. The number of thiazole rings is 1. The normalized spacial score (nSPS) is 14.5. The monoisotopic (exact) mass is 327 g/mol. The van der Waals surface area contributed by atoms with Gasteiger partial charge in [-0.05, 0) is 25.1 Å². The summed E-state index contributed by atoms with van der Waals surface area (Å²) in [5, 5.41) is 0.996. The molecule has 0 aliphatic rings. The van der Waals surface area contributed by atoms with Crippen molar-refractivity contribution in [2.24, 2.45) is 5.73 Å². The third kappa shape index (κ3) is 3.60. The van der Waals surface area contributed by atoms with Crippen molar-refractivity contribution in [1.29, 1.82) is 0 Å². The van der Waals surface area contributed by atoms with Crippen LogP contribution >= 0.6 is 11.3 Å². The van der Waals surface area contributed by atoms with Gasteiger partial charge < -0.3 is 5.73 Å². The number of nitrogens with one attached hydrogen (secondary N) is 1. The molecule has 0 radical (unpaired) electrons. The van der Waals surface area contributed by atoms with E-state index in [0.29, 0.717) is 0 Å². The molecule has 0 fully saturated rings. The number of fused-ring (bicyclic) bond motifs is 1. The van der Waals surface area contributed by atoms with Crippen molar-refractivity contribution < 1.29 is 8.42 Å². The predicted molar refractivity (Wildman–Crippen MR) is 87.2 cm³/mol. The van der Waals surface area contributed by atoms with Crippen molar-refractivity contribution in [2.75, 3.05) is 6.54 Å². The zero-order valence-corrected chi connectivity index (χ0v) is 14.3. The number of aromatic nitrogens is 1. The molecule has 0 unspecified atom stereocenters. The Morgan fingerprint density at radius 2 is 2.05 bits per heavy atom. The molecule has 5 nitrogen and oxygen atoms in total. The smallest absolute Gasteiger partial charge is 0.240 e. The fourth-order valence-electron chi connectivity index (χ4n) is 1.77. The number of rotatable bonds is 4. The molecule has 0 aliphatic carbocycles. The zero-order chi connectivity index (χ0) is 15.8. The van der Waals surface area contributed by atoms with Crippen LogP contribution in [0.25, 0.3) is 10.2 Å². The van der Waals surface area contributed by atoms with Crippen molar-refractivity contribution in [3.63, 3.8) is 0 Å². The van der Waals surface area contributed by atoms with Crippen LogP contribution in [0.2, 0.25) is 0 Å². The topological polar surface area (TPSA) is 85.1 Å². The van der Waals surface area contributed by atoms with Crippen molar-refractivity contribution in [3.8, 4) is 0 Å².